The van der Waals surface area contributed by atoms with Gasteiger partial charge < -0.3 is 15.8 Å². The first-order valence-corrected chi connectivity index (χ1v) is 6.88. The average Bonchev–Trinajstić information content (AvgIpc) is 2.45. The second kappa shape index (κ2) is 6.67. The minimum absolute atomic E-state index is 0.0767. The molecule has 0 spiro atoms. The van der Waals surface area contributed by atoms with E-state index in [1.165, 1.54) is 0 Å². The van der Waals surface area contributed by atoms with Gasteiger partial charge in [-0.1, -0.05) is 18.2 Å². The molecule has 0 aromatic heterocycles. The summed E-state index contributed by atoms with van der Waals surface area (Å²) >= 11 is 0. The van der Waals surface area contributed by atoms with Gasteiger partial charge in [-0.25, -0.2) is 0 Å². The first-order chi connectivity index (χ1) is 10.1. The largest absolute Gasteiger partial charge is 0.489 e. The predicted molar refractivity (Wildman–Crippen MR) is 85.7 cm³/mol. The molecule has 0 amide bonds. The van der Waals surface area contributed by atoms with Crippen LogP contribution in [-0.2, 0) is 6.42 Å². The van der Waals surface area contributed by atoms with Crippen LogP contribution in [0.1, 0.15) is 19.4 Å². The molecule has 2 aromatic carbocycles. The SMILES string of the molecule is CC(C)Oc1cccc(Nc2ccc(CC#N)cc2)c1N. The van der Waals surface area contributed by atoms with Gasteiger partial charge in [0.2, 0.25) is 0 Å². The summed E-state index contributed by atoms with van der Waals surface area (Å²) in [7, 11) is 0. The molecule has 0 fully saturated rings. The molecule has 2 aromatic rings. The van der Waals surface area contributed by atoms with E-state index in [2.05, 4.69) is 11.4 Å². The maximum Gasteiger partial charge on any atom is 0.144 e. The highest BCUT2D eigenvalue weighted by molar-refractivity contribution is 5.77. The van der Waals surface area contributed by atoms with Gasteiger partial charge in [-0.15, -0.1) is 0 Å². The normalized spacial score (nSPS) is 10.2. The van der Waals surface area contributed by atoms with E-state index in [0.717, 1.165) is 16.9 Å². The van der Waals surface area contributed by atoms with Crippen molar-refractivity contribution in [2.24, 2.45) is 0 Å². The van der Waals surface area contributed by atoms with Gasteiger partial charge in [0, 0.05) is 5.69 Å². The summed E-state index contributed by atoms with van der Waals surface area (Å²) in [5.41, 5.74) is 9.44. The monoisotopic (exact) mass is 281 g/mol. The number of nitriles is 1. The van der Waals surface area contributed by atoms with Crippen molar-refractivity contribution in [3.05, 3.63) is 48.0 Å². The van der Waals surface area contributed by atoms with E-state index in [1.807, 2.05) is 56.3 Å². The van der Waals surface area contributed by atoms with Crippen molar-refractivity contribution >= 4 is 17.1 Å². The topological polar surface area (TPSA) is 71.1 Å². The number of para-hydroxylation sites is 1. The summed E-state index contributed by atoms with van der Waals surface area (Å²) in [6.45, 7) is 3.93. The maximum absolute atomic E-state index is 8.67. The smallest absolute Gasteiger partial charge is 0.144 e. The molecule has 3 N–H and O–H groups in total. The average molecular weight is 281 g/mol. The van der Waals surface area contributed by atoms with Crippen LogP contribution in [0, 0.1) is 11.3 Å². The van der Waals surface area contributed by atoms with Crippen LogP contribution in [0.2, 0.25) is 0 Å². The van der Waals surface area contributed by atoms with Crippen molar-refractivity contribution in [2.45, 2.75) is 26.4 Å². The number of benzene rings is 2. The standard InChI is InChI=1S/C17H19N3O/c1-12(2)21-16-5-3-4-15(17(16)19)20-14-8-6-13(7-9-14)10-11-18/h3-9,12,20H,10,19H2,1-2H3. The quantitative estimate of drug-likeness (QED) is 0.816. The Bertz CT molecular complexity index is 642. The molecule has 4 heteroatoms. The van der Waals surface area contributed by atoms with Gasteiger partial charge in [-0.2, -0.15) is 5.26 Å². The van der Waals surface area contributed by atoms with Crippen LogP contribution in [-0.4, -0.2) is 6.10 Å². The zero-order chi connectivity index (χ0) is 15.2. The molecule has 0 bridgehead atoms. The Morgan fingerprint density at radius 3 is 2.52 bits per heavy atom. The number of nitrogens with one attached hydrogen (secondary N) is 1. The van der Waals surface area contributed by atoms with Crippen molar-refractivity contribution in [1.29, 1.82) is 5.26 Å². The molecule has 0 atom stereocenters. The van der Waals surface area contributed by atoms with E-state index in [9.17, 15) is 0 Å². The third kappa shape index (κ3) is 3.90. The highest BCUT2D eigenvalue weighted by Gasteiger charge is 2.07. The van der Waals surface area contributed by atoms with Gasteiger partial charge in [0.15, 0.2) is 0 Å². The number of nitrogen functional groups attached to an aromatic ring is 1. The van der Waals surface area contributed by atoms with Crippen molar-refractivity contribution < 1.29 is 4.74 Å². The fraction of sp³-hybridized carbons (Fsp3) is 0.235. The lowest BCUT2D eigenvalue weighted by molar-refractivity contribution is 0.244. The van der Waals surface area contributed by atoms with E-state index < -0.39 is 0 Å². The summed E-state index contributed by atoms with van der Waals surface area (Å²) in [6.07, 6.45) is 0.493. The summed E-state index contributed by atoms with van der Waals surface area (Å²) < 4.78 is 5.67. The highest BCUT2D eigenvalue weighted by Crippen LogP contribution is 2.32. The summed E-state index contributed by atoms with van der Waals surface area (Å²) in [5, 5.41) is 11.9. The van der Waals surface area contributed by atoms with Crippen LogP contribution in [0.15, 0.2) is 42.5 Å². The lowest BCUT2D eigenvalue weighted by atomic mass is 10.1. The van der Waals surface area contributed by atoms with Crippen molar-refractivity contribution in [3.63, 3.8) is 0 Å². The first-order valence-electron chi connectivity index (χ1n) is 6.88. The van der Waals surface area contributed by atoms with Crippen LogP contribution < -0.4 is 15.8 Å². The Balaban J connectivity index is 2.17. The molecule has 108 valence electrons. The van der Waals surface area contributed by atoms with E-state index in [0.29, 0.717) is 17.9 Å². The molecule has 0 saturated heterocycles. The Morgan fingerprint density at radius 1 is 1.19 bits per heavy atom. The lowest BCUT2D eigenvalue weighted by Crippen LogP contribution is -2.08. The number of nitrogens with two attached hydrogens (primary N) is 1. The van der Waals surface area contributed by atoms with Gasteiger partial charge in [0.05, 0.1) is 30.0 Å². The van der Waals surface area contributed by atoms with Crippen LogP contribution in [0.5, 0.6) is 5.75 Å². The lowest BCUT2D eigenvalue weighted by Gasteiger charge is -2.16. The molecule has 0 aliphatic rings. The third-order valence-electron chi connectivity index (χ3n) is 2.94. The molecule has 0 heterocycles. The zero-order valence-electron chi connectivity index (χ0n) is 12.3. The molecule has 21 heavy (non-hydrogen) atoms. The fourth-order valence-corrected chi connectivity index (χ4v) is 1.96. The van der Waals surface area contributed by atoms with E-state index >= 15 is 0 Å². The number of ether oxygens (including phenoxy) is 1. The zero-order valence-corrected chi connectivity index (χ0v) is 12.3. The number of anilines is 3. The van der Waals surface area contributed by atoms with E-state index in [-0.39, 0.29) is 6.10 Å². The Labute approximate surface area is 125 Å². The Kier molecular flexibility index (Phi) is 4.68. The molecule has 0 aliphatic carbocycles. The molecular weight excluding hydrogens is 262 g/mol. The van der Waals surface area contributed by atoms with Gasteiger partial charge in [0.25, 0.3) is 0 Å². The van der Waals surface area contributed by atoms with Gasteiger partial charge in [0.1, 0.15) is 5.75 Å². The predicted octanol–water partition coefficient (Wildman–Crippen LogP) is 3.87. The fourth-order valence-electron chi connectivity index (χ4n) is 1.96. The molecule has 2 rings (SSSR count). The van der Waals surface area contributed by atoms with Gasteiger partial charge in [-0.05, 0) is 43.7 Å². The second-order valence-electron chi connectivity index (χ2n) is 5.04. The summed E-state index contributed by atoms with van der Waals surface area (Å²) in [5.74, 6) is 0.677. The molecule has 0 aliphatic heterocycles. The van der Waals surface area contributed by atoms with E-state index in [1.54, 1.807) is 0 Å². The van der Waals surface area contributed by atoms with Crippen LogP contribution >= 0.6 is 0 Å². The van der Waals surface area contributed by atoms with Crippen LogP contribution in [0.3, 0.4) is 0 Å². The van der Waals surface area contributed by atoms with Crippen LogP contribution in [0.4, 0.5) is 17.1 Å². The third-order valence-corrected chi connectivity index (χ3v) is 2.94. The first kappa shape index (κ1) is 14.7. The number of hydrogen-bond donors (Lipinski definition) is 2. The van der Waals surface area contributed by atoms with E-state index in [4.69, 9.17) is 15.7 Å². The molecule has 0 saturated carbocycles. The van der Waals surface area contributed by atoms with Crippen LogP contribution in [0.25, 0.3) is 0 Å². The molecule has 0 radical (unpaired) electrons. The highest BCUT2D eigenvalue weighted by atomic mass is 16.5. The van der Waals surface area contributed by atoms with Crippen molar-refractivity contribution in [1.82, 2.24) is 0 Å². The minimum atomic E-state index is 0.0767. The van der Waals surface area contributed by atoms with Gasteiger partial charge >= 0.3 is 0 Å². The molecular formula is C17H19N3O. The molecule has 4 nitrogen and oxygen atoms in total. The summed E-state index contributed by atoms with van der Waals surface area (Å²) in [6, 6.07) is 15.5. The molecule has 0 unspecified atom stereocenters. The van der Waals surface area contributed by atoms with Crippen molar-refractivity contribution in [3.8, 4) is 11.8 Å². The van der Waals surface area contributed by atoms with Crippen molar-refractivity contribution in [2.75, 3.05) is 11.1 Å². The summed E-state index contributed by atoms with van der Waals surface area (Å²) in [4.78, 5) is 0. The Morgan fingerprint density at radius 2 is 1.90 bits per heavy atom. The minimum Gasteiger partial charge on any atom is -0.489 e. The number of rotatable bonds is 5. The second-order valence-corrected chi connectivity index (χ2v) is 5.04. The Hall–Kier alpha value is -2.67. The number of hydrogen-bond acceptors (Lipinski definition) is 4. The number of nitrogens with zero attached hydrogens (tertiary/aromatic N) is 1. The maximum atomic E-state index is 8.67. The van der Waals surface area contributed by atoms with Gasteiger partial charge in [-0.3, -0.25) is 0 Å².